The summed E-state index contributed by atoms with van der Waals surface area (Å²) in [6.45, 7) is 1.97. The molecule has 0 amide bonds. The van der Waals surface area contributed by atoms with Crippen LogP contribution in [0, 0.1) is 6.92 Å². The van der Waals surface area contributed by atoms with Crippen LogP contribution in [0.3, 0.4) is 0 Å². The Morgan fingerprint density at radius 3 is 2.53 bits per heavy atom. The summed E-state index contributed by atoms with van der Waals surface area (Å²) in [5.41, 5.74) is 4.91. The molecule has 2 nitrogen and oxygen atoms in total. The van der Waals surface area contributed by atoms with E-state index in [0.29, 0.717) is 0 Å². The number of benzene rings is 1. The Bertz CT molecular complexity index is 525. The van der Waals surface area contributed by atoms with E-state index in [2.05, 4.69) is 5.43 Å². The molecule has 3 N–H and O–H groups in total. The molecule has 2 aromatic rings. The van der Waals surface area contributed by atoms with Crippen molar-refractivity contribution in [3.05, 3.63) is 55.7 Å². The number of nitrogens with two attached hydrogens (primary N) is 1. The third kappa shape index (κ3) is 2.81. The lowest BCUT2D eigenvalue weighted by Gasteiger charge is -2.15. The molecule has 0 saturated carbocycles. The Hall–Kier alpha value is -0.580. The first-order valence-electron chi connectivity index (χ1n) is 5.09. The van der Waals surface area contributed by atoms with E-state index in [0.717, 1.165) is 25.4 Å². The number of aryl methyl sites for hydroxylation is 1. The molecule has 1 heterocycles. The number of hydrazine groups is 1. The smallest absolute Gasteiger partial charge is 0.0931 e. The van der Waals surface area contributed by atoms with E-state index in [1.54, 1.807) is 0 Å². The Morgan fingerprint density at radius 1 is 1.24 bits per heavy atom. The molecule has 0 aliphatic heterocycles. The summed E-state index contributed by atoms with van der Waals surface area (Å²) >= 11 is 13.5. The van der Waals surface area contributed by atoms with Gasteiger partial charge in [0.1, 0.15) is 0 Å². The minimum absolute atomic E-state index is 0.0523. The van der Waals surface area contributed by atoms with Gasteiger partial charge in [-0.2, -0.15) is 0 Å². The van der Waals surface area contributed by atoms with Crippen molar-refractivity contribution in [3.8, 4) is 0 Å². The van der Waals surface area contributed by atoms with Crippen LogP contribution in [0.15, 0.2) is 30.3 Å². The molecule has 1 aromatic heterocycles. The summed E-state index contributed by atoms with van der Waals surface area (Å²) < 4.78 is 0.755. The molecular formula is C12H12Cl2N2S. The van der Waals surface area contributed by atoms with E-state index < -0.39 is 0 Å². The fourth-order valence-corrected chi connectivity index (χ4v) is 2.94. The summed E-state index contributed by atoms with van der Waals surface area (Å²) in [7, 11) is 0. The number of thiophene rings is 1. The van der Waals surface area contributed by atoms with Gasteiger partial charge in [-0.25, -0.2) is 5.43 Å². The molecule has 0 radical (unpaired) electrons. The molecule has 17 heavy (non-hydrogen) atoms. The average Bonchev–Trinajstić information content (AvgIpc) is 2.71. The van der Waals surface area contributed by atoms with Crippen LogP contribution in [0.1, 0.15) is 22.0 Å². The minimum Gasteiger partial charge on any atom is -0.271 e. The molecule has 0 saturated heterocycles. The van der Waals surface area contributed by atoms with Crippen LogP contribution in [-0.4, -0.2) is 0 Å². The molecular weight excluding hydrogens is 275 g/mol. The average molecular weight is 287 g/mol. The van der Waals surface area contributed by atoms with Gasteiger partial charge in [0.05, 0.1) is 10.4 Å². The van der Waals surface area contributed by atoms with Crippen molar-refractivity contribution in [2.45, 2.75) is 13.0 Å². The first-order chi connectivity index (χ1) is 8.11. The lowest BCUT2D eigenvalue weighted by atomic mass is 10.0. The number of hydrogen-bond donors (Lipinski definition) is 2. The van der Waals surface area contributed by atoms with E-state index in [1.165, 1.54) is 11.3 Å². The van der Waals surface area contributed by atoms with Crippen LogP contribution in [0.2, 0.25) is 9.36 Å². The molecule has 1 atom stereocenters. The monoisotopic (exact) mass is 286 g/mol. The fraction of sp³-hybridized carbons (Fsp3) is 0.167. The Balaban J connectivity index is 2.38. The second-order valence-corrected chi connectivity index (χ2v) is 5.90. The van der Waals surface area contributed by atoms with Gasteiger partial charge in [-0.1, -0.05) is 35.3 Å². The highest BCUT2D eigenvalue weighted by molar-refractivity contribution is 7.16. The summed E-state index contributed by atoms with van der Waals surface area (Å²) in [5, 5.41) is 0.758. The highest BCUT2D eigenvalue weighted by Crippen LogP contribution is 2.31. The third-order valence-electron chi connectivity index (χ3n) is 2.56. The maximum atomic E-state index is 6.01. The molecule has 0 fully saturated rings. The Morgan fingerprint density at radius 2 is 2.00 bits per heavy atom. The van der Waals surface area contributed by atoms with Gasteiger partial charge in [0, 0.05) is 9.90 Å². The van der Waals surface area contributed by atoms with Crippen LogP contribution in [0.5, 0.6) is 0 Å². The third-order valence-corrected chi connectivity index (χ3v) is 4.28. The number of rotatable bonds is 3. The molecule has 0 bridgehead atoms. The van der Waals surface area contributed by atoms with E-state index in [9.17, 15) is 0 Å². The number of nitrogens with one attached hydrogen (secondary N) is 1. The summed E-state index contributed by atoms with van der Waals surface area (Å²) in [6, 6.07) is 9.67. The number of hydrogen-bond acceptors (Lipinski definition) is 3. The quantitative estimate of drug-likeness (QED) is 0.663. The van der Waals surface area contributed by atoms with Crippen molar-refractivity contribution < 1.29 is 0 Å². The highest BCUT2D eigenvalue weighted by Gasteiger charge is 2.15. The van der Waals surface area contributed by atoms with Gasteiger partial charge in [-0.05, 0) is 36.2 Å². The molecule has 0 aliphatic rings. The largest absolute Gasteiger partial charge is 0.271 e. The normalized spacial score (nSPS) is 12.7. The molecule has 90 valence electrons. The van der Waals surface area contributed by atoms with Gasteiger partial charge < -0.3 is 0 Å². The second kappa shape index (κ2) is 5.38. The molecule has 0 spiro atoms. The molecule has 5 heteroatoms. The van der Waals surface area contributed by atoms with Crippen LogP contribution >= 0.6 is 34.5 Å². The lowest BCUT2D eigenvalue weighted by molar-refractivity contribution is 0.646. The maximum absolute atomic E-state index is 6.01. The van der Waals surface area contributed by atoms with Crippen LogP contribution in [0.25, 0.3) is 0 Å². The summed E-state index contributed by atoms with van der Waals surface area (Å²) in [5.74, 6) is 5.61. The topological polar surface area (TPSA) is 38.0 Å². The van der Waals surface area contributed by atoms with Gasteiger partial charge in [0.25, 0.3) is 0 Å². The van der Waals surface area contributed by atoms with Gasteiger partial charge in [-0.15, -0.1) is 11.3 Å². The van der Waals surface area contributed by atoms with E-state index in [-0.39, 0.29) is 6.04 Å². The van der Waals surface area contributed by atoms with Crippen molar-refractivity contribution in [1.29, 1.82) is 0 Å². The summed E-state index contributed by atoms with van der Waals surface area (Å²) in [6.07, 6.45) is 0. The Kier molecular flexibility index (Phi) is 4.07. The second-order valence-electron chi connectivity index (χ2n) is 3.75. The SMILES string of the molecule is Cc1cc(C(NN)c2ccc(Cl)s2)ccc1Cl. The zero-order valence-electron chi connectivity index (χ0n) is 9.21. The minimum atomic E-state index is -0.0523. The van der Waals surface area contributed by atoms with Gasteiger partial charge in [0.15, 0.2) is 0 Å². The van der Waals surface area contributed by atoms with Gasteiger partial charge >= 0.3 is 0 Å². The van der Waals surface area contributed by atoms with E-state index in [1.807, 2.05) is 37.3 Å². The first kappa shape index (κ1) is 12.9. The van der Waals surface area contributed by atoms with Gasteiger partial charge in [0.2, 0.25) is 0 Å². The predicted molar refractivity (Wildman–Crippen MR) is 74.7 cm³/mol. The van der Waals surface area contributed by atoms with Crippen molar-refractivity contribution in [3.63, 3.8) is 0 Å². The van der Waals surface area contributed by atoms with Crippen LogP contribution in [0.4, 0.5) is 0 Å². The highest BCUT2D eigenvalue weighted by atomic mass is 35.5. The Labute approximate surface area is 114 Å². The summed E-state index contributed by atoms with van der Waals surface area (Å²) in [4.78, 5) is 1.08. The standard InChI is InChI=1S/C12H12Cl2N2S/c1-7-6-8(2-3-9(7)13)12(16-15)10-4-5-11(14)17-10/h2-6,12,16H,15H2,1H3. The van der Waals surface area contributed by atoms with Crippen LogP contribution < -0.4 is 11.3 Å². The molecule has 2 rings (SSSR count). The first-order valence-corrected chi connectivity index (χ1v) is 6.66. The number of halogens is 2. The fourth-order valence-electron chi connectivity index (χ4n) is 1.67. The van der Waals surface area contributed by atoms with E-state index >= 15 is 0 Å². The zero-order chi connectivity index (χ0) is 12.4. The molecule has 1 unspecified atom stereocenters. The molecule has 0 aliphatic carbocycles. The van der Waals surface area contributed by atoms with Crippen molar-refractivity contribution in [2.24, 2.45) is 5.84 Å². The maximum Gasteiger partial charge on any atom is 0.0931 e. The van der Waals surface area contributed by atoms with E-state index in [4.69, 9.17) is 29.0 Å². The lowest BCUT2D eigenvalue weighted by Crippen LogP contribution is -2.28. The van der Waals surface area contributed by atoms with Crippen molar-refractivity contribution in [1.82, 2.24) is 5.43 Å². The predicted octanol–water partition coefficient (Wildman–Crippen LogP) is 3.92. The van der Waals surface area contributed by atoms with Crippen molar-refractivity contribution >= 4 is 34.5 Å². The van der Waals surface area contributed by atoms with Gasteiger partial charge in [-0.3, -0.25) is 5.84 Å². The zero-order valence-corrected chi connectivity index (χ0v) is 11.5. The van der Waals surface area contributed by atoms with Crippen molar-refractivity contribution in [2.75, 3.05) is 0 Å². The van der Waals surface area contributed by atoms with Crippen LogP contribution in [-0.2, 0) is 0 Å². The molecule has 1 aromatic carbocycles.